The monoisotopic (exact) mass is 302 g/mol. The van der Waals surface area contributed by atoms with Gasteiger partial charge in [0, 0.05) is 38.3 Å². The number of β-amino-alcohol motifs (C(OH)–C–C–N with tert-alkyl or cyclic N) is 1. The molecule has 1 aliphatic rings. The molecule has 2 rings (SSSR count). The van der Waals surface area contributed by atoms with Crippen LogP contribution in [0.2, 0.25) is 0 Å². The maximum Gasteiger partial charge on any atom is 0.147 e. The Bertz CT molecular complexity index is 464. The Hall–Kier alpha value is -1.37. The molecule has 1 aromatic rings. The summed E-state index contributed by atoms with van der Waals surface area (Å²) in [5.74, 6) is -0.471. The van der Waals surface area contributed by atoms with Crippen LogP contribution >= 0.6 is 12.4 Å². The molecule has 0 aliphatic carbocycles. The lowest BCUT2D eigenvalue weighted by molar-refractivity contribution is 0.188. The number of aliphatic hydroxyl groups is 1. The first-order valence-corrected chi connectivity index (χ1v) is 6.34. The van der Waals surface area contributed by atoms with Gasteiger partial charge in [0.25, 0.3) is 0 Å². The summed E-state index contributed by atoms with van der Waals surface area (Å²) < 4.78 is 14.0. The number of anilines is 1. The molecule has 1 heterocycles. The van der Waals surface area contributed by atoms with Crippen molar-refractivity contribution in [1.82, 2.24) is 4.90 Å². The number of nitrogens with zero attached hydrogens (tertiary/aromatic N) is 2. The van der Waals surface area contributed by atoms with Gasteiger partial charge in [-0.15, -0.1) is 12.4 Å². The number of amidine groups is 1. The van der Waals surface area contributed by atoms with Gasteiger partial charge < -0.3 is 15.7 Å². The number of piperazine rings is 1. The van der Waals surface area contributed by atoms with Crippen molar-refractivity contribution in [3.8, 4) is 0 Å². The maximum atomic E-state index is 14.0. The van der Waals surface area contributed by atoms with Crippen molar-refractivity contribution in [2.24, 2.45) is 5.73 Å². The molecule has 1 aromatic carbocycles. The summed E-state index contributed by atoms with van der Waals surface area (Å²) in [7, 11) is 0. The fourth-order valence-electron chi connectivity index (χ4n) is 2.28. The first-order chi connectivity index (χ1) is 9.11. The van der Waals surface area contributed by atoms with Crippen LogP contribution in [0.4, 0.5) is 10.1 Å². The molecule has 0 atom stereocenters. The van der Waals surface area contributed by atoms with E-state index in [-0.39, 0.29) is 30.7 Å². The molecule has 0 radical (unpaired) electrons. The topological polar surface area (TPSA) is 76.6 Å². The molecule has 112 valence electrons. The van der Waals surface area contributed by atoms with E-state index in [4.69, 9.17) is 16.2 Å². The van der Waals surface area contributed by atoms with E-state index >= 15 is 0 Å². The van der Waals surface area contributed by atoms with Gasteiger partial charge in [0.1, 0.15) is 11.7 Å². The Kier molecular flexibility index (Phi) is 6.19. The minimum absolute atomic E-state index is 0. The lowest BCUT2D eigenvalue weighted by atomic mass is 10.1. The third kappa shape index (κ3) is 3.82. The second kappa shape index (κ2) is 7.42. The van der Waals surface area contributed by atoms with Crippen LogP contribution in [0.1, 0.15) is 5.56 Å². The Balaban J connectivity index is 0.00000200. The van der Waals surface area contributed by atoms with Crippen LogP contribution in [0, 0.1) is 11.2 Å². The molecule has 0 bridgehead atoms. The third-order valence-electron chi connectivity index (χ3n) is 3.39. The number of hydrogen-bond donors (Lipinski definition) is 3. The molecule has 0 unspecified atom stereocenters. The Morgan fingerprint density at radius 2 is 1.95 bits per heavy atom. The van der Waals surface area contributed by atoms with Gasteiger partial charge in [-0.05, 0) is 18.2 Å². The minimum Gasteiger partial charge on any atom is -0.395 e. The van der Waals surface area contributed by atoms with E-state index in [0.717, 1.165) is 26.2 Å². The molecule has 0 spiro atoms. The van der Waals surface area contributed by atoms with Gasteiger partial charge in [-0.3, -0.25) is 10.3 Å². The number of halogens is 2. The van der Waals surface area contributed by atoms with Crippen molar-refractivity contribution in [2.45, 2.75) is 0 Å². The molecule has 0 saturated carbocycles. The normalized spacial score (nSPS) is 15.8. The average molecular weight is 303 g/mol. The molecule has 1 saturated heterocycles. The summed E-state index contributed by atoms with van der Waals surface area (Å²) in [5, 5.41) is 16.2. The van der Waals surface area contributed by atoms with Crippen LogP contribution < -0.4 is 10.6 Å². The molecule has 5 nitrogen and oxygen atoms in total. The average Bonchev–Trinajstić information content (AvgIpc) is 2.40. The van der Waals surface area contributed by atoms with Crippen LogP contribution in [-0.2, 0) is 0 Å². The van der Waals surface area contributed by atoms with E-state index in [1.54, 1.807) is 12.1 Å². The van der Waals surface area contributed by atoms with Crippen molar-refractivity contribution in [3.63, 3.8) is 0 Å². The predicted octanol–water partition coefficient (Wildman–Crippen LogP) is 0.646. The van der Waals surface area contributed by atoms with Gasteiger partial charge in [-0.25, -0.2) is 4.39 Å². The van der Waals surface area contributed by atoms with E-state index in [9.17, 15) is 4.39 Å². The smallest absolute Gasteiger partial charge is 0.147 e. The summed E-state index contributed by atoms with van der Waals surface area (Å²) in [6.45, 7) is 3.91. The van der Waals surface area contributed by atoms with Crippen molar-refractivity contribution in [1.29, 1.82) is 5.41 Å². The number of hydrogen-bond acceptors (Lipinski definition) is 4. The van der Waals surface area contributed by atoms with Crippen molar-refractivity contribution >= 4 is 23.9 Å². The number of benzene rings is 1. The second-order valence-corrected chi connectivity index (χ2v) is 4.63. The highest BCUT2D eigenvalue weighted by Crippen LogP contribution is 2.21. The van der Waals surface area contributed by atoms with Crippen molar-refractivity contribution < 1.29 is 9.50 Å². The van der Waals surface area contributed by atoms with E-state index in [1.165, 1.54) is 6.07 Å². The van der Waals surface area contributed by atoms with Gasteiger partial charge in [-0.1, -0.05) is 0 Å². The highest BCUT2D eigenvalue weighted by Gasteiger charge is 2.19. The van der Waals surface area contributed by atoms with Crippen molar-refractivity contribution in [2.75, 3.05) is 44.2 Å². The number of aliphatic hydroxyl groups excluding tert-OH is 1. The number of nitrogen functional groups attached to an aromatic ring is 1. The minimum atomic E-state index is -0.344. The summed E-state index contributed by atoms with van der Waals surface area (Å²) in [5.41, 5.74) is 6.29. The molecule has 1 fully saturated rings. The molecule has 4 N–H and O–H groups in total. The van der Waals surface area contributed by atoms with Gasteiger partial charge >= 0.3 is 0 Å². The highest BCUT2D eigenvalue weighted by molar-refractivity contribution is 5.95. The lowest BCUT2D eigenvalue weighted by Crippen LogP contribution is -2.47. The first kappa shape index (κ1) is 16.7. The highest BCUT2D eigenvalue weighted by atomic mass is 35.5. The van der Waals surface area contributed by atoms with E-state index in [2.05, 4.69) is 4.90 Å². The molecule has 7 heteroatoms. The third-order valence-corrected chi connectivity index (χ3v) is 3.39. The van der Waals surface area contributed by atoms with Gasteiger partial charge in [0.15, 0.2) is 0 Å². The van der Waals surface area contributed by atoms with Crippen LogP contribution in [0.15, 0.2) is 18.2 Å². The molecule has 1 aliphatic heterocycles. The number of rotatable bonds is 4. The van der Waals surface area contributed by atoms with Crippen LogP contribution in [0.5, 0.6) is 0 Å². The SMILES string of the molecule is Cl.N=C(N)c1ccc(N2CCN(CCO)CC2)c(F)c1. The largest absolute Gasteiger partial charge is 0.395 e. The quantitative estimate of drug-likeness (QED) is 0.564. The first-order valence-electron chi connectivity index (χ1n) is 6.34. The summed E-state index contributed by atoms with van der Waals surface area (Å²) in [6.07, 6.45) is 0. The van der Waals surface area contributed by atoms with Gasteiger partial charge in [0.2, 0.25) is 0 Å². The summed E-state index contributed by atoms with van der Waals surface area (Å²) >= 11 is 0. The predicted molar refractivity (Wildman–Crippen MR) is 80.4 cm³/mol. The van der Waals surface area contributed by atoms with Crippen LogP contribution in [0.25, 0.3) is 0 Å². The van der Waals surface area contributed by atoms with E-state index in [1.807, 2.05) is 4.90 Å². The summed E-state index contributed by atoms with van der Waals surface area (Å²) in [4.78, 5) is 4.13. The van der Waals surface area contributed by atoms with E-state index < -0.39 is 0 Å². The van der Waals surface area contributed by atoms with Gasteiger partial charge in [0.05, 0.1) is 12.3 Å². The van der Waals surface area contributed by atoms with Gasteiger partial charge in [-0.2, -0.15) is 0 Å². The maximum absolute atomic E-state index is 14.0. The molecule has 0 amide bonds. The lowest BCUT2D eigenvalue weighted by Gasteiger charge is -2.35. The van der Waals surface area contributed by atoms with Crippen LogP contribution in [0.3, 0.4) is 0 Å². The Morgan fingerprint density at radius 1 is 1.30 bits per heavy atom. The fraction of sp³-hybridized carbons (Fsp3) is 0.462. The number of nitrogens with two attached hydrogens (primary N) is 1. The van der Waals surface area contributed by atoms with E-state index in [0.29, 0.717) is 17.8 Å². The zero-order valence-electron chi connectivity index (χ0n) is 11.2. The second-order valence-electron chi connectivity index (χ2n) is 4.63. The standard InChI is InChI=1S/C13H19FN4O.ClH/c14-11-9-10(13(15)16)1-2-12(11)18-5-3-17(4-6-18)7-8-19;/h1-2,9,19H,3-8H2,(H3,15,16);1H. The summed E-state index contributed by atoms with van der Waals surface area (Å²) in [6, 6.07) is 4.65. The molecular formula is C13H20ClFN4O. The fourth-order valence-corrected chi connectivity index (χ4v) is 2.28. The Labute approximate surface area is 124 Å². The Morgan fingerprint density at radius 3 is 2.45 bits per heavy atom. The number of nitrogens with one attached hydrogen (secondary N) is 1. The van der Waals surface area contributed by atoms with Crippen molar-refractivity contribution in [3.05, 3.63) is 29.6 Å². The zero-order chi connectivity index (χ0) is 13.8. The molecular weight excluding hydrogens is 283 g/mol. The molecule has 20 heavy (non-hydrogen) atoms. The zero-order valence-corrected chi connectivity index (χ0v) is 12.0. The molecule has 0 aromatic heterocycles. The van der Waals surface area contributed by atoms with Crippen LogP contribution in [-0.4, -0.2) is 55.2 Å².